The van der Waals surface area contributed by atoms with Gasteiger partial charge in [-0.25, -0.2) is 15.0 Å². The van der Waals surface area contributed by atoms with E-state index in [1.807, 2.05) is 50.2 Å². The van der Waals surface area contributed by atoms with Gasteiger partial charge in [-0.15, -0.1) is 0 Å². The summed E-state index contributed by atoms with van der Waals surface area (Å²) < 4.78 is 0. The molecule has 0 bridgehead atoms. The quantitative estimate of drug-likeness (QED) is 0.451. The number of aromatic nitrogens is 4. The van der Waals surface area contributed by atoms with E-state index in [4.69, 9.17) is 0 Å². The molecule has 5 nitrogen and oxygen atoms in total. The Morgan fingerprint density at radius 1 is 0.960 bits per heavy atom. The lowest BCUT2D eigenvalue weighted by Crippen LogP contribution is -2.11. The average Bonchev–Trinajstić information content (AvgIpc) is 2.60. The van der Waals surface area contributed by atoms with E-state index in [-0.39, 0.29) is 5.56 Å². The molecule has 0 aliphatic rings. The number of nitrogens with zero attached hydrogens (tertiary/aromatic N) is 3. The molecule has 0 saturated heterocycles. The second-order valence-corrected chi connectivity index (χ2v) is 6.83. The smallest absolute Gasteiger partial charge is 0.258 e. The van der Waals surface area contributed by atoms with Crippen molar-refractivity contribution in [1.82, 2.24) is 19.9 Å². The van der Waals surface area contributed by atoms with Crippen LogP contribution in [-0.4, -0.2) is 19.9 Å². The molecule has 0 unspecified atom stereocenters. The van der Waals surface area contributed by atoms with Crippen LogP contribution in [0.2, 0.25) is 0 Å². The summed E-state index contributed by atoms with van der Waals surface area (Å²) in [6, 6.07) is 13.6. The molecule has 0 atom stereocenters. The number of aromatic amines is 1. The lowest BCUT2D eigenvalue weighted by molar-refractivity contribution is 0.999. The molecule has 4 aromatic rings. The van der Waals surface area contributed by atoms with Crippen LogP contribution in [0.5, 0.6) is 0 Å². The number of nitrogens with one attached hydrogen (secondary N) is 1. The SMILES string of the molecule is Cc1nc(SCc2nc3c(C)cccc3c(=O)[nH]2)c2ccccc2n1. The van der Waals surface area contributed by atoms with Gasteiger partial charge in [-0.3, -0.25) is 4.79 Å². The van der Waals surface area contributed by atoms with Gasteiger partial charge in [0.1, 0.15) is 16.7 Å². The Hall–Kier alpha value is -2.73. The van der Waals surface area contributed by atoms with Gasteiger partial charge in [-0.2, -0.15) is 0 Å². The van der Waals surface area contributed by atoms with Crippen molar-refractivity contribution >= 4 is 33.6 Å². The number of hydrogen-bond donors (Lipinski definition) is 1. The van der Waals surface area contributed by atoms with E-state index < -0.39 is 0 Å². The van der Waals surface area contributed by atoms with Gasteiger partial charge in [0.15, 0.2) is 0 Å². The average molecular weight is 348 g/mol. The first-order valence-corrected chi connectivity index (χ1v) is 8.95. The Morgan fingerprint density at radius 3 is 2.64 bits per heavy atom. The predicted molar refractivity (Wildman–Crippen MR) is 101 cm³/mol. The summed E-state index contributed by atoms with van der Waals surface area (Å²) in [6.45, 7) is 3.85. The third-order valence-corrected chi connectivity index (χ3v) is 5.02. The van der Waals surface area contributed by atoms with Crippen molar-refractivity contribution in [3.63, 3.8) is 0 Å². The van der Waals surface area contributed by atoms with Gasteiger partial charge in [0.25, 0.3) is 5.56 Å². The summed E-state index contributed by atoms with van der Waals surface area (Å²) in [5, 5.41) is 2.53. The lowest BCUT2D eigenvalue weighted by atomic mass is 10.1. The van der Waals surface area contributed by atoms with E-state index in [9.17, 15) is 4.79 Å². The van der Waals surface area contributed by atoms with Crippen LogP contribution in [0.3, 0.4) is 0 Å². The summed E-state index contributed by atoms with van der Waals surface area (Å²) in [5.74, 6) is 1.93. The van der Waals surface area contributed by atoms with E-state index >= 15 is 0 Å². The Labute approximate surface area is 148 Å². The first-order chi connectivity index (χ1) is 12.1. The Bertz CT molecular complexity index is 1150. The molecular formula is C19H16N4OS. The molecule has 6 heteroatoms. The number of hydrogen-bond acceptors (Lipinski definition) is 5. The fraction of sp³-hybridized carbons (Fsp3) is 0.158. The largest absolute Gasteiger partial charge is 0.309 e. The Balaban J connectivity index is 1.72. The minimum absolute atomic E-state index is 0.104. The maximum absolute atomic E-state index is 12.3. The van der Waals surface area contributed by atoms with Crippen LogP contribution in [-0.2, 0) is 5.75 Å². The molecular weight excluding hydrogens is 332 g/mol. The summed E-state index contributed by atoms with van der Waals surface area (Å²) in [5.41, 5.74) is 2.57. The van der Waals surface area contributed by atoms with E-state index in [2.05, 4.69) is 19.9 Å². The first kappa shape index (κ1) is 15.8. The molecule has 0 amide bonds. The number of fused-ring (bicyclic) bond motifs is 2. The number of benzene rings is 2. The van der Waals surface area contributed by atoms with Crippen molar-refractivity contribution in [2.24, 2.45) is 0 Å². The molecule has 0 fully saturated rings. The number of H-pyrrole nitrogens is 1. The van der Waals surface area contributed by atoms with Crippen LogP contribution in [0.25, 0.3) is 21.8 Å². The molecule has 25 heavy (non-hydrogen) atoms. The number of thioether (sulfide) groups is 1. The van der Waals surface area contributed by atoms with Crippen LogP contribution >= 0.6 is 11.8 Å². The highest BCUT2D eigenvalue weighted by molar-refractivity contribution is 7.98. The normalized spacial score (nSPS) is 11.3. The predicted octanol–water partition coefficient (Wildman–Crippen LogP) is 3.78. The maximum Gasteiger partial charge on any atom is 0.258 e. The van der Waals surface area contributed by atoms with Crippen molar-refractivity contribution in [3.05, 3.63) is 70.0 Å². The highest BCUT2D eigenvalue weighted by Gasteiger charge is 2.09. The molecule has 1 N–H and O–H groups in total. The van der Waals surface area contributed by atoms with E-state index in [0.717, 1.165) is 32.8 Å². The molecule has 2 aromatic heterocycles. The van der Waals surface area contributed by atoms with Crippen molar-refractivity contribution in [2.45, 2.75) is 24.6 Å². The monoisotopic (exact) mass is 348 g/mol. The van der Waals surface area contributed by atoms with Gasteiger partial charge in [0.05, 0.1) is 22.2 Å². The molecule has 0 aliphatic carbocycles. The maximum atomic E-state index is 12.3. The van der Waals surface area contributed by atoms with Gasteiger partial charge >= 0.3 is 0 Å². The Kier molecular flexibility index (Phi) is 3.97. The molecule has 0 spiro atoms. The van der Waals surface area contributed by atoms with Crippen molar-refractivity contribution in [2.75, 3.05) is 0 Å². The van der Waals surface area contributed by atoms with E-state index in [0.29, 0.717) is 17.0 Å². The third kappa shape index (κ3) is 3.00. The van der Waals surface area contributed by atoms with Gasteiger partial charge in [0.2, 0.25) is 0 Å². The molecule has 124 valence electrons. The minimum Gasteiger partial charge on any atom is -0.309 e. The first-order valence-electron chi connectivity index (χ1n) is 7.96. The molecule has 0 saturated carbocycles. The molecule has 2 aromatic carbocycles. The van der Waals surface area contributed by atoms with Crippen LogP contribution in [0.4, 0.5) is 0 Å². The van der Waals surface area contributed by atoms with Crippen LogP contribution in [0.1, 0.15) is 17.2 Å². The Morgan fingerprint density at radius 2 is 1.76 bits per heavy atom. The highest BCUT2D eigenvalue weighted by atomic mass is 32.2. The summed E-state index contributed by atoms with van der Waals surface area (Å²) >= 11 is 1.56. The topological polar surface area (TPSA) is 71.5 Å². The van der Waals surface area contributed by atoms with E-state index in [1.165, 1.54) is 0 Å². The van der Waals surface area contributed by atoms with Crippen LogP contribution in [0, 0.1) is 13.8 Å². The number of aryl methyl sites for hydroxylation is 2. The molecule has 4 rings (SSSR count). The summed E-state index contributed by atoms with van der Waals surface area (Å²) in [6.07, 6.45) is 0. The fourth-order valence-electron chi connectivity index (χ4n) is 2.83. The van der Waals surface area contributed by atoms with Gasteiger partial charge in [-0.1, -0.05) is 42.1 Å². The van der Waals surface area contributed by atoms with E-state index in [1.54, 1.807) is 17.8 Å². The van der Waals surface area contributed by atoms with Crippen molar-refractivity contribution in [1.29, 1.82) is 0 Å². The molecule has 2 heterocycles. The standard InChI is InChI=1S/C19H16N4OS/c1-11-6-5-8-14-17(11)22-16(23-18(14)24)10-25-19-13-7-3-4-9-15(13)20-12(2)21-19/h3-9H,10H2,1-2H3,(H,22,23,24). The fourth-order valence-corrected chi connectivity index (χ4v) is 3.76. The van der Waals surface area contributed by atoms with Crippen molar-refractivity contribution < 1.29 is 0 Å². The molecule has 0 radical (unpaired) electrons. The highest BCUT2D eigenvalue weighted by Crippen LogP contribution is 2.27. The zero-order chi connectivity index (χ0) is 17.4. The summed E-state index contributed by atoms with van der Waals surface area (Å²) in [7, 11) is 0. The van der Waals surface area contributed by atoms with Crippen LogP contribution in [0.15, 0.2) is 52.3 Å². The van der Waals surface area contributed by atoms with Gasteiger partial charge < -0.3 is 4.98 Å². The second-order valence-electron chi connectivity index (χ2n) is 5.87. The second kappa shape index (κ2) is 6.29. The number of rotatable bonds is 3. The van der Waals surface area contributed by atoms with Gasteiger partial charge in [0, 0.05) is 5.39 Å². The van der Waals surface area contributed by atoms with Crippen molar-refractivity contribution in [3.8, 4) is 0 Å². The summed E-state index contributed by atoms with van der Waals surface area (Å²) in [4.78, 5) is 28.8. The number of para-hydroxylation sites is 2. The zero-order valence-corrected chi connectivity index (χ0v) is 14.7. The minimum atomic E-state index is -0.104. The third-order valence-electron chi connectivity index (χ3n) is 4.01. The lowest BCUT2D eigenvalue weighted by Gasteiger charge is -2.07. The zero-order valence-electron chi connectivity index (χ0n) is 13.9. The van der Waals surface area contributed by atoms with Crippen LogP contribution < -0.4 is 5.56 Å². The molecule has 0 aliphatic heterocycles. The van der Waals surface area contributed by atoms with Gasteiger partial charge in [-0.05, 0) is 31.5 Å².